The van der Waals surface area contributed by atoms with E-state index in [1.807, 2.05) is 18.2 Å². The number of nitrogens with zero attached hydrogens (tertiary/aromatic N) is 2. The van der Waals surface area contributed by atoms with E-state index in [1.54, 1.807) is 44.4 Å². The number of hydrogen-bond acceptors (Lipinski definition) is 5. The summed E-state index contributed by atoms with van der Waals surface area (Å²) in [5.41, 5.74) is 0.313. The van der Waals surface area contributed by atoms with Gasteiger partial charge in [-0.25, -0.2) is 4.79 Å². The number of benzene rings is 2. The molecule has 2 aromatic carbocycles. The Labute approximate surface area is 173 Å². The minimum atomic E-state index is -1.15. The molecule has 1 atom stereocenters. The van der Waals surface area contributed by atoms with Crippen molar-refractivity contribution in [1.82, 2.24) is 15.1 Å². The minimum Gasteiger partial charge on any atom is -0.496 e. The maximum absolute atomic E-state index is 13.0. The van der Waals surface area contributed by atoms with E-state index in [-0.39, 0.29) is 19.5 Å². The van der Waals surface area contributed by atoms with Gasteiger partial charge in [0.25, 0.3) is 17.7 Å². The van der Waals surface area contributed by atoms with E-state index in [4.69, 9.17) is 4.74 Å². The zero-order valence-corrected chi connectivity index (χ0v) is 16.7. The molecule has 5 amide bonds. The number of carbonyl (C=O) groups excluding carboxylic acids is 4. The smallest absolute Gasteiger partial charge is 0.325 e. The molecular weight excluding hydrogens is 386 g/mol. The lowest BCUT2D eigenvalue weighted by atomic mass is 9.92. The van der Waals surface area contributed by atoms with Gasteiger partial charge in [-0.1, -0.05) is 30.3 Å². The number of imide groups is 2. The van der Waals surface area contributed by atoms with Crippen molar-refractivity contribution in [2.45, 2.75) is 18.9 Å². The lowest BCUT2D eigenvalue weighted by molar-refractivity contribution is -0.130. The SMILES string of the molecule is COc1ccccc1C[C@]1(C)NC(=O)N(CCN2C(=O)c3ccccc3C2=O)C1=O. The Bertz CT molecular complexity index is 1030. The molecule has 8 heteroatoms. The standard InChI is InChI=1S/C22H21N3O5/c1-22(13-14-7-3-6-10-17(14)30-2)20(28)25(21(29)23-22)12-11-24-18(26)15-8-4-5-9-16(15)19(24)27/h3-10H,11-13H2,1-2H3,(H,23,29)/t22-/m0/s1. The summed E-state index contributed by atoms with van der Waals surface area (Å²) >= 11 is 0. The normalized spacial score (nSPS) is 20.6. The lowest BCUT2D eigenvalue weighted by Crippen LogP contribution is -2.46. The number of nitrogens with one attached hydrogen (secondary N) is 1. The Balaban J connectivity index is 1.47. The number of methoxy groups -OCH3 is 1. The number of rotatable bonds is 6. The van der Waals surface area contributed by atoms with Crippen LogP contribution < -0.4 is 10.1 Å². The van der Waals surface area contributed by atoms with E-state index in [1.165, 1.54) is 0 Å². The maximum Gasteiger partial charge on any atom is 0.325 e. The number of ether oxygens (including phenoxy) is 1. The Morgan fingerprint density at radius 2 is 1.43 bits per heavy atom. The van der Waals surface area contributed by atoms with Crippen LogP contribution in [0.4, 0.5) is 4.79 Å². The summed E-state index contributed by atoms with van der Waals surface area (Å²) in [6.45, 7) is 1.52. The van der Waals surface area contributed by atoms with Crippen LogP contribution in [0.25, 0.3) is 0 Å². The second-order valence-electron chi connectivity index (χ2n) is 7.52. The molecule has 0 unspecified atom stereocenters. The summed E-state index contributed by atoms with van der Waals surface area (Å²) < 4.78 is 5.34. The number of amides is 5. The van der Waals surface area contributed by atoms with Crippen molar-refractivity contribution >= 4 is 23.8 Å². The highest BCUT2D eigenvalue weighted by Crippen LogP contribution is 2.28. The highest BCUT2D eigenvalue weighted by atomic mass is 16.5. The first-order valence-electron chi connectivity index (χ1n) is 9.57. The molecule has 2 aromatic rings. The third-order valence-corrected chi connectivity index (χ3v) is 5.51. The molecule has 1 fully saturated rings. The maximum atomic E-state index is 13.0. The van der Waals surface area contributed by atoms with Gasteiger partial charge in [-0.05, 0) is 30.7 Å². The van der Waals surface area contributed by atoms with Crippen LogP contribution in [0.3, 0.4) is 0 Å². The average molecular weight is 407 g/mol. The molecule has 0 aromatic heterocycles. The molecule has 1 N–H and O–H groups in total. The van der Waals surface area contributed by atoms with Gasteiger partial charge >= 0.3 is 6.03 Å². The van der Waals surface area contributed by atoms with Crippen molar-refractivity contribution < 1.29 is 23.9 Å². The van der Waals surface area contributed by atoms with Gasteiger partial charge in [0.05, 0.1) is 18.2 Å². The average Bonchev–Trinajstić information content (AvgIpc) is 3.11. The van der Waals surface area contributed by atoms with Crippen LogP contribution in [0.15, 0.2) is 48.5 Å². The van der Waals surface area contributed by atoms with Gasteiger partial charge < -0.3 is 10.1 Å². The molecule has 30 heavy (non-hydrogen) atoms. The van der Waals surface area contributed by atoms with Crippen molar-refractivity contribution in [3.8, 4) is 5.75 Å². The molecule has 2 aliphatic heterocycles. The molecule has 8 nitrogen and oxygen atoms in total. The van der Waals surface area contributed by atoms with Gasteiger partial charge in [0.1, 0.15) is 11.3 Å². The molecule has 1 saturated heterocycles. The van der Waals surface area contributed by atoms with Crippen LogP contribution in [0.1, 0.15) is 33.2 Å². The van der Waals surface area contributed by atoms with E-state index in [0.717, 1.165) is 15.4 Å². The lowest BCUT2D eigenvalue weighted by Gasteiger charge is -2.23. The van der Waals surface area contributed by atoms with Crippen molar-refractivity contribution in [1.29, 1.82) is 0 Å². The fourth-order valence-electron chi connectivity index (χ4n) is 3.94. The van der Waals surface area contributed by atoms with E-state index >= 15 is 0 Å². The van der Waals surface area contributed by atoms with Gasteiger partial charge in [-0.3, -0.25) is 24.2 Å². The van der Waals surface area contributed by atoms with Crippen LogP contribution in [-0.4, -0.2) is 59.3 Å². The fourth-order valence-corrected chi connectivity index (χ4v) is 3.94. The molecule has 2 heterocycles. The van der Waals surface area contributed by atoms with Crippen LogP contribution in [-0.2, 0) is 11.2 Å². The monoisotopic (exact) mass is 407 g/mol. The van der Waals surface area contributed by atoms with Crippen LogP contribution in [0, 0.1) is 0 Å². The largest absolute Gasteiger partial charge is 0.496 e. The predicted molar refractivity (Wildman–Crippen MR) is 107 cm³/mol. The number of carbonyl (C=O) groups is 4. The molecule has 0 bridgehead atoms. The summed E-state index contributed by atoms with van der Waals surface area (Å²) in [5.74, 6) is -0.612. The van der Waals surface area contributed by atoms with E-state index in [2.05, 4.69) is 5.32 Å². The zero-order chi connectivity index (χ0) is 21.5. The number of urea groups is 1. The summed E-state index contributed by atoms with van der Waals surface area (Å²) in [6.07, 6.45) is 0.255. The second kappa shape index (κ2) is 7.29. The zero-order valence-electron chi connectivity index (χ0n) is 16.7. The highest BCUT2D eigenvalue weighted by Gasteiger charge is 2.48. The summed E-state index contributed by atoms with van der Waals surface area (Å²) in [6, 6.07) is 13.3. The van der Waals surface area contributed by atoms with Crippen molar-refractivity contribution in [2.24, 2.45) is 0 Å². The molecule has 0 radical (unpaired) electrons. The predicted octanol–water partition coefficient (Wildman–Crippen LogP) is 1.84. The van der Waals surface area contributed by atoms with Crippen LogP contribution >= 0.6 is 0 Å². The topological polar surface area (TPSA) is 96.0 Å². The molecule has 2 aliphatic rings. The highest BCUT2D eigenvalue weighted by molar-refractivity contribution is 6.21. The molecule has 0 spiro atoms. The Morgan fingerprint density at radius 1 is 0.867 bits per heavy atom. The molecular formula is C22H21N3O5. The summed E-state index contributed by atoms with van der Waals surface area (Å²) in [4.78, 5) is 52.7. The van der Waals surface area contributed by atoms with E-state index in [0.29, 0.717) is 16.9 Å². The fraction of sp³-hybridized carbons (Fsp3) is 0.273. The summed E-state index contributed by atoms with van der Waals surface area (Å²) in [5, 5.41) is 2.74. The van der Waals surface area contributed by atoms with Gasteiger partial charge in [-0.2, -0.15) is 0 Å². The first-order chi connectivity index (χ1) is 14.4. The van der Waals surface area contributed by atoms with Crippen molar-refractivity contribution in [3.63, 3.8) is 0 Å². The van der Waals surface area contributed by atoms with Gasteiger partial charge in [0.2, 0.25) is 0 Å². The molecule has 0 saturated carbocycles. The van der Waals surface area contributed by atoms with Gasteiger partial charge in [0, 0.05) is 19.5 Å². The third-order valence-electron chi connectivity index (χ3n) is 5.51. The van der Waals surface area contributed by atoms with Gasteiger partial charge in [-0.15, -0.1) is 0 Å². The second-order valence-corrected chi connectivity index (χ2v) is 7.52. The van der Waals surface area contributed by atoms with Crippen molar-refractivity contribution in [2.75, 3.05) is 20.2 Å². The Morgan fingerprint density at radius 3 is 2.07 bits per heavy atom. The first-order valence-corrected chi connectivity index (χ1v) is 9.57. The Hall–Kier alpha value is -3.68. The summed E-state index contributed by atoms with van der Waals surface area (Å²) in [7, 11) is 1.55. The number of hydrogen-bond donors (Lipinski definition) is 1. The van der Waals surface area contributed by atoms with E-state index < -0.39 is 29.3 Å². The third kappa shape index (κ3) is 3.10. The molecule has 154 valence electrons. The first kappa shape index (κ1) is 19.6. The Kier molecular flexibility index (Phi) is 4.77. The molecule has 4 rings (SSSR count). The van der Waals surface area contributed by atoms with Gasteiger partial charge in [0.15, 0.2) is 0 Å². The number of para-hydroxylation sites is 1. The quantitative estimate of drug-likeness (QED) is 0.582. The van der Waals surface area contributed by atoms with E-state index in [9.17, 15) is 19.2 Å². The van der Waals surface area contributed by atoms with Crippen molar-refractivity contribution in [3.05, 3.63) is 65.2 Å². The van der Waals surface area contributed by atoms with Crippen LogP contribution in [0.5, 0.6) is 5.75 Å². The molecule has 0 aliphatic carbocycles. The minimum absolute atomic E-state index is 0.0593. The number of fused-ring (bicyclic) bond motifs is 1. The van der Waals surface area contributed by atoms with Crippen LogP contribution in [0.2, 0.25) is 0 Å².